The summed E-state index contributed by atoms with van der Waals surface area (Å²) < 4.78 is 8.13. The van der Waals surface area contributed by atoms with Crippen LogP contribution < -0.4 is 10.5 Å². The fourth-order valence-electron chi connectivity index (χ4n) is 5.09. The van der Waals surface area contributed by atoms with Crippen LogP contribution in [0.25, 0.3) is 6.08 Å². The lowest BCUT2D eigenvalue weighted by molar-refractivity contribution is -0.123. The highest BCUT2D eigenvalue weighted by Gasteiger charge is 2.37. The van der Waals surface area contributed by atoms with Crippen LogP contribution in [-0.4, -0.2) is 45.0 Å². The van der Waals surface area contributed by atoms with Gasteiger partial charge in [0.2, 0.25) is 0 Å². The van der Waals surface area contributed by atoms with Gasteiger partial charge in [0, 0.05) is 25.2 Å². The number of aromatic nitrogens is 1. The van der Waals surface area contributed by atoms with Crippen molar-refractivity contribution in [1.29, 1.82) is 5.26 Å². The van der Waals surface area contributed by atoms with Gasteiger partial charge < -0.3 is 9.64 Å². The molecule has 9 heteroatoms. The molecule has 2 aliphatic rings. The van der Waals surface area contributed by atoms with Crippen molar-refractivity contribution in [2.24, 2.45) is 0 Å². The summed E-state index contributed by atoms with van der Waals surface area (Å²) in [6.45, 7) is 11.4. The number of pyridine rings is 1. The fourth-order valence-corrected chi connectivity index (χ4v) is 6.49. The number of amides is 1. The Morgan fingerprint density at radius 2 is 1.86 bits per heavy atom. The predicted octanol–water partition coefficient (Wildman–Crippen LogP) is 5.01. The molecule has 2 fully saturated rings. The van der Waals surface area contributed by atoms with Gasteiger partial charge in [-0.1, -0.05) is 61.2 Å². The van der Waals surface area contributed by atoms with Crippen LogP contribution in [-0.2, 0) is 16.1 Å². The normalized spacial score (nSPS) is 22.0. The number of morpholine rings is 1. The van der Waals surface area contributed by atoms with Crippen molar-refractivity contribution < 1.29 is 9.53 Å². The number of thiocarbonyl (C=S) groups is 1. The number of hydrogen-bond donors (Lipinski definition) is 0. The van der Waals surface area contributed by atoms with Crippen LogP contribution in [0.2, 0.25) is 0 Å². The largest absolute Gasteiger partial charge is 0.372 e. The topological polar surface area (TPSA) is 78.6 Å². The molecule has 2 aliphatic heterocycles. The molecule has 1 amide bonds. The quantitative estimate of drug-likeness (QED) is 0.379. The number of rotatable bonds is 6. The molecule has 0 saturated carbocycles. The van der Waals surface area contributed by atoms with E-state index in [0.29, 0.717) is 40.0 Å². The van der Waals surface area contributed by atoms with Gasteiger partial charge in [-0.05, 0) is 51.3 Å². The smallest absolute Gasteiger partial charge is 0.270 e. The highest BCUT2D eigenvalue weighted by molar-refractivity contribution is 8.26. The Kier molecular flexibility index (Phi) is 8.22. The lowest BCUT2D eigenvalue weighted by Crippen LogP contribution is -2.48. The molecule has 7 nitrogen and oxygen atoms in total. The number of carbonyl (C=O) groups is 1. The molecule has 3 heterocycles. The van der Waals surface area contributed by atoms with E-state index in [1.807, 2.05) is 64.1 Å². The summed E-state index contributed by atoms with van der Waals surface area (Å²) in [5, 5.41) is 9.88. The Hall–Kier alpha value is -2.93. The lowest BCUT2D eigenvalue weighted by Gasteiger charge is -2.39. The van der Waals surface area contributed by atoms with Crippen LogP contribution in [0.5, 0.6) is 0 Å². The van der Waals surface area contributed by atoms with Crippen molar-refractivity contribution in [2.75, 3.05) is 18.0 Å². The maximum absolute atomic E-state index is 13.7. The molecule has 1 aromatic carbocycles. The number of ether oxygens (including phenoxy) is 1. The van der Waals surface area contributed by atoms with Gasteiger partial charge >= 0.3 is 0 Å². The minimum Gasteiger partial charge on any atom is -0.372 e. The monoisotopic (exact) mass is 536 g/mol. The van der Waals surface area contributed by atoms with Crippen LogP contribution in [0, 0.1) is 18.3 Å². The second-order valence-corrected chi connectivity index (χ2v) is 11.3. The first kappa shape index (κ1) is 27.1. The maximum atomic E-state index is 13.7. The standard InChI is InChI=1S/C28H32N4O3S2/c1-6-12-31-25(30-15-17(2)35-18(3)16-30)22(19(4)23(14-29)26(31)33)13-24-27(34)32(28(36)37-24)20(5)21-10-8-7-9-11-21/h7-11,13,17-18,20H,6,12,15-16H2,1-5H3/b24-13+. The Balaban J connectivity index is 1.87. The number of hydrogen-bond acceptors (Lipinski definition) is 7. The summed E-state index contributed by atoms with van der Waals surface area (Å²) >= 11 is 6.90. The summed E-state index contributed by atoms with van der Waals surface area (Å²) in [6, 6.07) is 11.7. The predicted molar refractivity (Wildman–Crippen MR) is 153 cm³/mol. The Morgan fingerprint density at radius 3 is 2.46 bits per heavy atom. The van der Waals surface area contributed by atoms with Crippen LogP contribution in [0.15, 0.2) is 40.0 Å². The number of benzene rings is 1. The van der Waals surface area contributed by atoms with E-state index < -0.39 is 0 Å². The second-order valence-electron chi connectivity index (χ2n) is 9.61. The molecule has 0 aliphatic carbocycles. The van der Waals surface area contributed by atoms with Crippen LogP contribution in [0.4, 0.5) is 5.82 Å². The number of nitrogens with zero attached hydrogens (tertiary/aromatic N) is 4. The van der Waals surface area contributed by atoms with Crippen molar-refractivity contribution in [3.63, 3.8) is 0 Å². The Labute approximate surface area is 227 Å². The molecule has 3 unspecified atom stereocenters. The van der Waals surface area contributed by atoms with Gasteiger partial charge in [-0.25, -0.2) is 0 Å². The number of thioether (sulfide) groups is 1. The van der Waals surface area contributed by atoms with E-state index in [4.69, 9.17) is 17.0 Å². The fraction of sp³-hybridized carbons (Fsp3) is 0.429. The van der Waals surface area contributed by atoms with Crippen molar-refractivity contribution in [1.82, 2.24) is 9.47 Å². The summed E-state index contributed by atoms with van der Waals surface area (Å²) in [6.07, 6.45) is 2.50. The van der Waals surface area contributed by atoms with E-state index in [-0.39, 0.29) is 35.3 Å². The van der Waals surface area contributed by atoms with E-state index in [1.165, 1.54) is 11.8 Å². The molecule has 0 spiro atoms. The van der Waals surface area contributed by atoms with Gasteiger partial charge in [0.15, 0.2) is 0 Å². The van der Waals surface area contributed by atoms with Gasteiger partial charge in [-0.3, -0.25) is 19.1 Å². The minimum atomic E-state index is -0.300. The molecule has 194 valence electrons. The lowest BCUT2D eigenvalue weighted by atomic mass is 10.0. The van der Waals surface area contributed by atoms with Gasteiger partial charge in [0.05, 0.1) is 23.2 Å². The third-order valence-electron chi connectivity index (χ3n) is 6.78. The Morgan fingerprint density at radius 1 is 1.22 bits per heavy atom. The van der Waals surface area contributed by atoms with Crippen LogP contribution in [0.3, 0.4) is 0 Å². The SMILES string of the molecule is CCCn1c(N2CC(C)OC(C)C2)c(/C=C2/SC(=S)N(C(C)c3ccccc3)C2=O)c(C)c(C#N)c1=O. The zero-order valence-corrected chi connectivity index (χ0v) is 23.5. The van der Waals surface area contributed by atoms with Crippen LogP contribution in [0.1, 0.15) is 62.4 Å². The number of carbonyl (C=O) groups excluding carboxylic acids is 1. The molecule has 0 bridgehead atoms. The van der Waals surface area contributed by atoms with E-state index in [1.54, 1.807) is 16.4 Å². The Bertz CT molecular complexity index is 1340. The van der Waals surface area contributed by atoms with E-state index >= 15 is 0 Å². The number of anilines is 1. The average molecular weight is 537 g/mol. The van der Waals surface area contributed by atoms with Crippen molar-refractivity contribution >= 4 is 46.1 Å². The molecular weight excluding hydrogens is 504 g/mol. The second kappa shape index (κ2) is 11.2. The third-order valence-corrected chi connectivity index (χ3v) is 8.11. The van der Waals surface area contributed by atoms with Gasteiger partial charge in [0.1, 0.15) is 21.8 Å². The maximum Gasteiger partial charge on any atom is 0.270 e. The molecule has 37 heavy (non-hydrogen) atoms. The van der Waals surface area contributed by atoms with Gasteiger partial charge in [-0.2, -0.15) is 5.26 Å². The molecule has 0 N–H and O–H groups in total. The molecule has 0 radical (unpaired) electrons. The third kappa shape index (κ3) is 5.24. The molecule has 4 rings (SSSR count). The summed E-state index contributed by atoms with van der Waals surface area (Å²) in [7, 11) is 0. The zero-order chi connectivity index (χ0) is 26.9. The summed E-state index contributed by atoms with van der Waals surface area (Å²) in [5.41, 5.74) is 2.08. The summed E-state index contributed by atoms with van der Waals surface area (Å²) in [5.74, 6) is 0.555. The van der Waals surface area contributed by atoms with Crippen molar-refractivity contribution in [3.8, 4) is 6.07 Å². The first-order valence-electron chi connectivity index (χ1n) is 12.6. The highest BCUT2D eigenvalue weighted by Crippen LogP contribution is 2.40. The molecule has 1 aromatic heterocycles. The van der Waals surface area contributed by atoms with E-state index in [9.17, 15) is 14.9 Å². The summed E-state index contributed by atoms with van der Waals surface area (Å²) in [4.78, 5) is 31.3. The molecular formula is C28H32N4O3S2. The van der Waals surface area contributed by atoms with Gasteiger partial charge in [-0.15, -0.1) is 0 Å². The first-order chi connectivity index (χ1) is 17.7. The zero-order valence-electron chi connectivity index (χ0n) is 21.9. The molecule has 2 saturated heterocycles. The number of nitriles is 1. The average Bonchev–Trinajstić information content (AvgIpc) is 3.14. The molecule has 3 atom stereocenters. The minimum absolute atomic E-state index is 0.0253. The molecule has 2 aromatic rings. The van der Waals surface area contributed by atoms with E-state index in [0.717, 1.165) is 17.8 Å². The van der Waals surface area contributed by atoms with Crippen molar-refractivity contribution in [3.05, 3.63) is 67.8 Å². The van der Waals surface area contributed by atoms with Gasteiger partial charge in [0.25, 0.3) is 11.5 Å². The van der Waals surface area contributed by atoms with Crippen LogP contribution >= 0.6 is 24.0 Å². The highest BCUT2D eigenvalue weighted by atomic mass is 32.2. The van der Waals surface area contributed by atoms with E-state index in [2.05, 4.69) is 11.0 Å². The first-order valence-corrected chi connectivity index (χ1v) is 13.8. The van der Waals surface area contributed by atoms with Crippen molar-refractivity contribution in [2.45, 2.75) is 65.8 Å².